The molecule has 0 saturated heterocycles. The zero-order valence-corrected chi connectivity index (χ0v) is 13.1. The maximum Gasteiger partial charge on any atom is 0.258 e. The summed E-state index contributed by atoms with van der Waals surface area (Å²) >= 11 is 0. The molecule has 112 valence electrons. The Morgan fingerprint density at radius 3 is 2.64 bits per heavy atom. The molecule has 1 aromatic carbocycles. The van der Waals surface area contributed by atoms with Crippen LogP contribution in [0.5, 0.6) is 0 Å². The van der Waals surface area contributed by atoms with E-state index in [2.05, 4.69) is 36.3 Å². The average molecular weight is 293 g/mol. The largest absolute Gasteiger partial charge is 0.379 e. The van der Waals surface area contributed by atoms with Gasteiger partial charge in [0.15, 0.2) is 0 Å². The van der Waals surface area contributed by atoms with Crippen molar-refractivity contribution in [3.05, 3.63) is 75.3 Å². The first kappa shape index (κ1) is 14.3. The molecule has 0 aliphatic rings. The number of aromatic nitrogens is 2. The van der Waals surface area contributed by atoms with Gasteiger partial charge in [-0.1, -0.05) is 12.1 Å². The lowest BCUT2D eigenvalue weighted by molar-refractivity contribution is 0.963. The van der Waals surface area contributed by atoms with Gasteiger partial charge in [-0.3, -0.25) is 9.20 Å². The molecule has 2 heterocycles. The Morgan fingerprint density at radius 2 is 1.86 bits per heavy atom. The first-order valence-corrected chi connectivity index (χ1v) is 7.33. The molecule has 2 aromatic heterocycles. The van der Waals surface area contributed by atoms with Crippen LogP contribution < -0.4 is 10.9 Å². The highest BCUT2D eigenvalue weighted by Gasteiger charge is 2.04. The van der Waals surface area contributed by atoms with E-state index in [1.807, 2.05) is 25.1 Å². The first-order chi connectivity index (χ1) is 10.5. The third kappa shape index (κ3) is 2.72. The van der Waals surface area contributed by atoms with Crippen LogP contribution in [0.3, 0.4) is 0 Å². The highest BCUT2D eigenvalue weighted by atomic mass is 16.1. The summed E-state index contributed by atoms with van der Waals surface area (Å²) in [5.74, 6) is 0. The second-order valence-corrected chi connectivity index (χ2v) is 5.62. The van der Waals surface area contributed by atoms with Gasteiger partial charge in [0.1, 0.15) is 5.65 Å². The molecule has 0 unspecified atom stereocenters. The van der Waals surface area contributed by atoms with Crippen molar-refractivity contribution in [2.75, 3.05) is 5.32 Å². The summed E-state index contributed by atoms with van der Waals surface area (Å²) in [5, 5.41) is 3.33. The van der Waals surface area contributed by atoms with Crippen LogP contribution in [0.25, 0.3) is 5.65 Å². The predicted molar refractivity (Wildman–Crippen MR) is 89.4 cm³/mol. The van der Waals surface area contributed by atoms with Crippen LogP contribution >= 0.6 is 0 Å². The SMILES string of the molecule is Cc1ccc(NCc2cc(=O)n3cccc(C)c3n2)cc1C. The van der Waals surface area contributed by atoms with Gasteiger partial charge >= 0.3 is 0 Å². The zero-order valence-electron chi connectivity index (χ0n) is 13.1. The van der Waals surface area contributed by atoms with Crippen molar-refractivity contribution in [2.24, 2.45) is 0 Å². The number of nitrogens with one attached hydrogen (secondary N) is 1. The van der Waals surface area contributed by atoms with Gasteiger partial charge in [-0.15, -0.1) is 0 Å². The summed E-state index contributed by atoms with van der Waals surface area (Å²) in [6.45, 7) is 6.67. The number of nitrogens with zero attached hydrogens (tertiary/aromatic N) is 2. The van der Waals surface area contributed by atoms with Crippen molar-refractivity contribution in [3.63, 3.8) is 0 Å². The average Bonchev–Trinajstić information content (AvgIpc) is 2.50. The molecule has 3 aromatic rings. The third-order valence-electron chi connectivity index (χ3n) is 3.92. The minimum Gasteiger partial charge on any atom is -0.379 e. The van der Waals surface area contributed by atoms with Gasteiger partial charge in [-0.05, 0) is 55.7 Å². The standard InChI is InChI=1S/C18H19N3O/c1-12-6-7-15(9-14(12)3)19-11-16-10-17(22)21-8-4-5-13(2)18(21)20-16/h4-10,19H,11H2,1-3H3. The lowest BCUT2D eigenvalue weighted by atomic mass is 10.1. The Hall–Kier alpha value is -2.62. The lowest BCUT2D eigenvalue weighted by Gasteiger charge is -2.10. The molecule has 0 aliphatic heterocycles. The van der Waals surface area contributed by atoms with Crippen molar-refractivity contribution >= 4 is 11.3 Å². The van der Waals surface area contributed by atoms with Crippen molar-refractivity contribution in [1.82, 2.24) is 9.38 Å². The molecular weight excluding hydrogens is 274 g/mol. The normalized spacial score (nSPS) is 10.9. The summed E-state index contributed by atoms with van der Waals surface area (Å²) in [5.41, 5.74) is 5.95. The summed E-state index contributed by atoms with van der Waals surface area (Å²) in [6, 6.07) is 11.6. The molecule has 0 saturated carbocycles. The molecule has 0 fully saturated rings. The molecule has 3 rings (SSSR count). The molecular formula is C18H19N3O. The number of benzene rings is 1. The molecule has 4 heteroatoms. The fourth-order valence-electron chi connectivity index (χ4n) is 2.44. The van der Waals surface area contributed by atoms with Gasteiger partial charge in [0, 0.05) is 18.0 Å². The van der Waals surface area contributed by atoms with E-state index in [1.165, 1.54) is 11.1 Å². The predicted octanol–water partition coefficient (Wildman–Crippen LogP) is 3.23. The van der Waals surface area contributed by atoms with Gasteiger partial charge in [0.25, 0.3) is 5.56 Å². The van der Waals surface area contributed by atoms with Crippen molar-refractivity contribution in [1.29, 1.82) is 0 Å². The minimum atomic E-state index is -0.0504. The molecule has 22 heavy (non-hydrogen) atoms. The topological polar surface area (TPSA) is 46.4 Å². The van der Waals surface area contributed by atoms with E-state index in [1.54, 1.807) is 16.7 Å². The molecule has 1 N–H and O–H groups in total. The van der Waals surface area contributed by atoms with E-state index in [0.717, 1.165) is 16.9 Å². The van der Waals surface area contributed by atoms with Crippen molar-refractivity contribution in [3.8, 4) is 0 Å². The van der Waals surface area contributed by atoms with Crippen LogP contribution in [0.2, 0.25) is 0 Å². The number of rotatable bonds is 3. The fourth-order valence-corrected chi connectivity index (χ4v) is 2.44. The smallest absolute Gasteiger partial charge is 0.258 e. The van der Waals surface area contributed by atoms with E-state index in [0.29, 0.717) is 12.2 Å². The lowest BCUT2D eigenvalue weighted by Crippen LogP contribution is -2.17. The van der Waals surface area contributed by atoms with Crippen molar-refractivity contribution < 1.29 is 0 Å². The molecule has 0 atom stereocenters. The van der Waals surface area contributed by atoms with Crippen LogP contribution in [0, 0.1) is 20.8 Å². The van der Waals surface area contributed by atoms with Crippen LogP contribution in [0.1, 0.15) is 22.4 Å². The van der Waals surface area contributed by atoms with Gasteiger partial charge in [-0.25, -0.2) is 4.98 Å². The molecule has 4 nitrogen and oxygen atoms in total. The second-order valence-electron chi connectivity index (χ2n) is 5.62. The van der Waals surface area contributed by atoms with Crippen LogP contribution in [0.15, 0.2) is 47.4 Å². The Balaban J connectivity index is 1.89. The molecule has 0 amide bonds. The number of pyridine rings is 1. The van der Waals surface area contributed by atoms with E-state index in [4.69, 9.17) is 0 Å². The number of anilines is 1. The van der Waals surface area contributed by atoms with E-state index in [-0.39, 0.29) is 5.56 Å². The first-order valence-electron chi connectivity index (χ1n) is 7.33. The Kier molecular flexibility index (Phi) is 3.67. The monoisotopic (exact) mass is 293 g/mol. The molecule has 0 bridgehead atoms. The van der Waals surface area contributed by atoms with Gasteiger partial charge in [0.2, 0.25) is 0 Å². The molecule has 0 aliphatic carbocycles. The third-order valence-corrected chi connectivity index (χ3v) is 3.92. The zero-order chi connectivity index (χ0) is 15.7. The van der Waals surface area contributed by atoms with Crippen LogP contribution in [-0.2, 0) is 6.54 Å². The van der Waals surface area contributed by atoms with Crippen LogP contribution in [0.4, 0.5) is 5.69 Å². The van der Waals surface area contributed by atoms with Gasteiger partial charge in [-0.2, -0.15) is 0 Å². The number of hydrogen-bond donors (Lipinski definition) is 1. The van der Waals surface area contributed by atoms with Crippen molar-refractivity contribution in [2.45, 2.75) is 27.3 Å². The highest BCUT2D eigenvalue weighted by molar-refractivity contribution is 5.49. The quantitative estimate of drug-likeness (QED) is 0.806. The Bertz CT molecular complexity index is 896. The summed E-state index contributed by atoms with van der Waals surface area (Å²) in [7, 11) is 0. The summed E-state index contributed by atoms with van der Waals surface area (Å²) in [4.78, 5) is 16.7. The van der Waals surface area contributed by atoms with Gasteiger partial charge < -0.3 is 5.32 Å². The summed E-state index contributed by atoms with van der Waals surface area (Å²) < 4.78 is 1.58. The minimum absolute atomic E-state index is 0.0504. The molecule has 0 spiro atoms. The van der Waals surface area contributed by atoms with E-state index in [9.17, 15) is 4.79 Å². The Morgan fingerprint density at radius 1 is 1.05 bits per heavy atom. The maximum atomic E-state index is 12.2. The van der Waals surface area contributed by atoms with E-state index >= 15 is 0 Å². The fraction of sp³-hybridized carbons (Fsp3) is 0.222. The van der Waals surface area contributed by atoms with Crippen LogP contribution in [-0.4, -0.2) is 9.38 Å². The number of fused-ring (bicyclic) bond motifs is 1. The van der Waals surface area contributed by atoms with E-state index < -0.39 is 0 Å². The van der Waals surface area contributed by atoms with Gasteiger partial charge in [0.05, 0.1) is 12.2 Å². The second kappa shape index (κ2) is 5.64. The number of hydrogen-bond acceptors (Lipinski definition) is 3. The highest BCUT2D eigenvalue weighted by Crippen LogP contribution is 2.15. The summed E-state index contributed by atoms with van der Waals surface area (Å²) in [6.07, 6.45) is 1.75. The molecule has 0 radical (unpaired) electrons. The maximum absolute atomic E-state index is 12.2. The number of aryl methyl sites for hydroxylation is 3. The Labute approximate surface area is 129 Å².